The second-order valence-electron chi connectivity index (χ2n) is 8.52. The molecule has 0 spiro atoms. The Bertz CT molecular complexity index is 1260. The number of carbonyl (C=O) groups excluding carboxylic acids is 2. The number of piperidine rings is 1. The highest BCUT2D eigenvalue weighted by atomic mass is 35.5. The lowest BCUT2D eigenvalue weighted by molar-refractivity contribution is -0.274. The number of likely N-dealkylation sites (N-methyl/N-ethyl adjacent to an activating group) is 1. The molecule has 8 nitrogen and oxygen atoms in total. The molecule has 1 atom stereocenters. The Balaban J connectivity index is 1.77. The monoisotopic (exact) mass is 561 g/mol. The summed E-state index contributed by atoms with van der Waals surface area (Å²) in [6, 6.07) is 9.10. The van der Waals surface area contributed by atoms with Crippen LogP contribution < -0.4 is 10.1 Å². The standard InChI is InChI=1S/C24H27ClF3N3O5S/c1-3-30(37(2,34)35)15-22(32)31-13-7-6-9-20(31)23(33)29-16-11-12-17(19(25)14-16)18-8-4-5-10-21(18)36-24(26,27)28/h4-5,8,10-12,14,20H,3,6-7,9,13,15H2,1-2H3,(H,29,33). The van der Waals surface area contributed by atoms with Crippen LogP contribution in [0.5, 0.6) is 5.75 Å². The first-order valence-corrected chi connectivity index (χ1v) is 13.7. The summed E-state index contributed by atoms with van der Waals surface area (Å²) >= 11 is 6.36. The predicted octanol–water partition coefficient (Wildman–Crippen LogP) is 4.51. The molecule has 0 aliphatic carbocycles. The van der Waals surface area contributed by atoms with Crippen LogP contribution in [0.15, 0.2) is 42.5 Å². The molecule has 1 N–H and O–H groups in total. The van der Waals surface area contributed by atoms with Gasteiger partial charge >= 0.3 is 6.36 Å². The Labute approximate surface area is 218 Å². The molecule has 2 aromatic rings. The van der Waals surface area contributed by atoms with Crippen LogP contribution in [0.25, 0.3) is 11.1 Å². The third-order valence-electron chi connectivity index (χ3n) is 5.90. The first kappa shape index (κ1) is 28.7. The van der Waals surface area contributed by atoms with E-state index >= 15 is 0 Å². The van der Waals surface area contributed by atoms with Crippen molar-refractivity contribution in [2.24, 2.45) is 0 Å². The van der Waals surface area contributed by atoms with Crippen molar-refractivity contribution in [2.75, 3.05) is 31.2 Å². The van der Waals surface area contributed by atoms with Crippen LogP contribution in [0.1, 0.15) is 26.2 Å². The average Bonchev–Trinajstić information content (AvgIpc) is 2.81. The van der Waals surface area contributed by atoms with Gasteiger partial charge in [-0.2, -0.15) is 4.31 Å². The number of likely N-dealkylation sites (tertiary alicyclic amines) is 1. The number of alkyl halides is 3. The van der Waals surface area contributed by atoms with Crippen molar-refractivity contribution in [3.63, 3.8) is 0 Å². The lowest BCUT2D eigenvalue weighted by Crippen LogP contribution is -2.53. The van der Waals surface area contributed by atoms with Gasteiger partial charge in [-0.15, -0.1) is 13.2 Å². The fourth-order valence-corrected chi connectivity index (χ4v) is 5.24. The van der Waals surface area contributed by atoms with E-state index < -0.39 is 40.0 Å². The van der Waals surface area contributed by atoms with Gasteiger partial charge in [0, 0.05) is 29.9 Å². The number of benzene rings is 2. The highest BCUT2D eigenvalue weighted by Crippen LogP contribution is 2.38. The summed E-state index contributed by atoms with van der Waals surface area (Å²) < 4.78 is 67.3. The molecule has 202 valence electrons. The number of carbonyl (C=O) groups is 2. The average molecular weight is 562 g/mol. The van der Waals surface area contributed by atoms with E-state index in [1.807, 2.05) is 0 Å². The zero-order valence-electron chi connectivity index (χ0n) is 20.2. The van der Waals surface area contributed by atoms with Gasteiger partial charge in [-0.05, 0) is 37.5 Å². The van der Waals surface area contributed by atoms with Gasteiger partial charge in [0.05, 0.1) is 17.8 Å². The summed E-state index contributed by atoms with van der Waals surface area (Å²) in [4.78, 5) is 27.4. The highest BCUT2D eigenvalue weighted by Gasteiger charge is 2.34. The zero-order valence-corrected chi connectivity index (χ0v) is 21.8. The number of nitrogens with zero attached hydrogens (tertiary/aromatic N) is 2. The third-order valence-corrected chi connectivity index (χ3v) is 7.54. The summed E-state index contributed by atoms with van der Waals surface area (Å²) in [5, 5.41) is 2.79. The maximum Gasteiger partial charge on any atom is 0.573 e. The highest BCUT2D eigenvalue weighted by molar-refractivity contribution is 7.88. The minimum absolute atomic E-state index is 0.0827. The van der Waals surface area contributed by atoms with Crippen molar-refractivity contribution in [1.82, 2.24) is 9.21 Å². The van der Waals surface area contributed by atoms with Gasteiger partial charge < -0.3 is 15.0 Å². The van der Waals surface area contributed by atoms with Gasteiger partial charge in [-0.25, -0.2) is 8.42 Å². The molecule has 0 radical (unpaired) electrons. The number of hydrogen-bond donors (Lipinski definition) is 1. The minimum Gasteiger partial charge on any atom is -0.405 e. The quantitative estimate of drug-likeness (QED) is 0.512. The molecule has 1 aliphatic rings. The van der Waals surface area contributed by atoms with Crippen LogP contribution in [0.2, 0.25) is 5.02 Å². The number of sulfonamides is 1. The van der Waals surface area contributed by atoms with Crippen molar-refractivity contribution in [1.29, 1.82) is 0 Å². The number of nitrogens with one attached hydrogen (secondary N) is 1. The number of ether oxygens (including phenoxy) is 1. The molecule has 0 aromatic heterocycles. The smallest absolute Gasteiger partial charge is 0.405 e. The van der Waals surface area contributed by atoms with Gasteiger partial charge in [-0.3, -0.25) is 9.59 Å². The molecule has 0 saturated carbocycles. The summed E-state index contributed by atoms with van der Waals surface area (Å²) in [5.74, 6) is -1.36. The van der Waals surface area contributed by atoms with E-state index in [0.717, 1.165) is 10.6 Å². The van der Waals surface area contributed by atoms with E-state index in [1.165, 1.54) is 41.3 Å². The van der Waals surface area contributed by atoms with Gasteiger partial charge in [0.2, 0.25) is 21.8 Å². The van der Waals surface area contributed by atoms with Crippen molar-refractivity contribution in [3.05, 3.63) is 47.5 Å². The van der Waals surface area contributed by atoms with Crippen LogP contribution in [0, 0.1) is 0 Å². The molecule has 1 unspecified atom stereocenters. The Morgan fingerprint density at radius 1 is 1.16 bits per heavy atom. The molecule has 1 heterocycles. The molecule has 1 saturated heterocycles. The number of anilines is 1. The zero-order chi connectivity index (χ0) is 27.4. The Kier molecular flexibility index (Phi) is 9.09. The van der Waals surface area contributed by atoms with Crippen LogP contribution in [-0.4, -0.2) is 67.7 Å². The SMILES string of the molecule is CCN(CC(=O)N1CCCCC1C(=O)Nc1ccc(-c2ccccc2OC(F)(F)F)c(Cl)c1)S(C)(=O)=O. The van der Waals surface area contributed by atoms with Crippen molar-refractivity contribution in [3.8, 4) is 16.9 Å². The minimum atomic E-state index is -4.88. The lowest BCUT2D eigenvalue weighted by atomic mass is 10.0. The summed E-state index contributed by atoms with van der Waals surface area (Å²) in [7, 11) is -3.58. The molecular formula is C24H27ClF3N3O5S. The Morgan fingerprint density at radius 2 is 1.86 bits per heavy atom. The van der Waals surface area contributed by atoms with Crippen LogP contribution in [-0.2, 0) is 19.6 Å². The topological polar surface area (TPSA) is 96.0 Å². The molecule has 2 amide bonds. The van der Waals surface area contributed by atoms with E-state index in [0.29, 0.717) is 25.8 Å². The van der Waals surface area contributed by atoms with Gasteiger partial charge in [0.1, 0.15) is 11.8 Å². The molecule has 3 rings (SSSR count). The molecular weight excluding hydrogens is 535 g/mol. The Hall–Kier alpha value is -2.83. The summed E-state index contributed by atoms with van der Waals surface area (Å²) in [6.45, 7) is 1.69. The second-order valence-corrected chi connectivity index (χ2v) is 10.9. The van der Waals surface area contributed by atoms with Crippen LogP contribution in [0.4, 0.5) is 18.9 Å². The number of rotatable bonds is 8. The number of halogens is 4. The molecule has 1 fully saturated rings. The number of para-hydroxylation sites is 1. The fraction of sp³-hybridized carbons (Fsp3) is 0.417. The molecule has 2 aromatic carbocycles. The molecule has 37 heavy (non-hydrogen) atoms. The van der Waals surface area contributed by atoms with E-state index in [-0.39, 0.29) is 34.9 Å². The molecule has 1 aliphatic heterocycles. The molecule has 13 heteroatoms. The van der Waals surface area contributed by atoms with E-state index in [4.69, 9.17) is 11.6 Å². The Morgan fingerprint density at radius 3 is 2.49 bits per heavy atom. The predicted molar refractivity (Wildman–Crippen MR) is 134 cm³/mol. The fourth-order valence-electron chi connectivity index (χ4n) is 4.15. The normalized spacial score (nSPS) is 16.5. The van der Waals surface area contributed by atoms with Crippen molar-refractivity contribution < 1.29 is 35.9 Å². The van der Waals surface area contributed by atoms with E-state index in [1.54, 1.807) is 13.0 Å². The molecule has 0 bridgehead atoms. The maximum atomic E-state index is 13.1. The van der Waals surface area contributed by atoms with Gasteiger partial charge in [0.25, 0.3) is 0 Å². The van der Waals surface area contributed by atoms with Crippen LogP contribution in [0.3, 0.4) is 0 Å². The van der Waals surface area contributed by atoms with E-state index in [9.17, 15) is 31.2 Å². The first-order valence-electron chi connectivity index (χ1n) is 11.5. The summed E-state index contributed by atoms with van der Waals surface area (Å²) in [5.41, 5.74) is 0.685. The van der Waals surface area contributed by atoms with Gasteiger partial charge in [-0.1, -0.05) is 42.8 Å². The first-order chi connectivity index (χ1) is 17.3. The third kappa shape index (κ3) is 7.59. The van der Waals surface area contributed by atoms with E-state index in [2.05, 4.69) is 10.1 Å². The van der Waals surface area contributed by atoms with Gasteiger partial charge in [0.15, 0.2) is 0 Å². The maximum absolute atomic E-state index is 13.1. The van der Waals surface area contributed by atoms with Crippen molar-refractivity contribution in [2.45, 2.75) is 38.6 Å². The number of hydrogen-bond acceptors (Lipinski definition) is 5. The lowest BCUT2D eigenvalue weighted by Gasteiger charge is -2.35. The second kappa shape index (κ2) is 11.7. The summed E-state index contributed by atoms with van der Waals surface area (Å²) in [6.07, 6.45) is -2.07. The largest absolute Gasteiger partial charge is 0.573 e. The van der Waals surface area contributed by atoms with Crippen molar-refractivity contribution >= 4 is 39.1 Å². The number of amides is 2. The van der Waals surface area contributed by atoms with Crippen LogP contribution >= 0.6 is 11.6 Å².